The van der Waals surface area contributed by atoms with E-state index in [0.717, 1.165) is 48.0 Å². The van der Waals surface area contributed by atoms with Crippen molar-refractivity contribution in [1.29, 1.82) is 0 Å². The number of nitrogens with zero attached hydrogens (tertiary/aromatic N) is 4. The zero-order valence-corrected chi connectivity index (χ0v) is 18.7. The average molecular weight is 439 g/mol. The number of methoxy groups -OCH3 is 1. The number of aromatic nitrogens is 4. The Hall–Kier alpha value is -3.04. The topological polar surface area (TPSA) is 114 Å². The first kappa shape index (κ1) is 22.2. The molecule has 9 nitrogen and oxygen atoms in total. The fraction of sp³-hybridized carbons (Fsp3) is 0.478. The van der Waals surface area contributed by atoms with Crippen molar-refractivity contribution in [2.45, 2.75) is 50.7 Å². The highest BCUT2D eigenvalue weighted by molar-refractivity contribution is 5.92. The van der Waals surface area contributed by atoms with E-state index in [1.165, 1.54) is 0 Å². The Bertz CT molecular complexity index is 1070. The Labute approximate surface area is 187 Å². The van der Waals surface area contributed by atoms with Crippen molar-refractivity contribution in [2.24, 2.45) is 0 Å². The van der Waals surface area contributed by atoms with Crippen LogP contribution in [0.5, 0.6) is 0 Å². The second-order valence-corrected chi connectivity index (χ2v) is 8.38. The van der Waals surface area contributed by atoms with Gasteiger partial charge < -0.3 is 20.5 Å². The van der Waals surface area contributed by atoms with Crippen molar-refractivity contribution in [3.05, 3.63) is 42.0 Å². The summed E-state index contributed by atoms with van der Waals surface area (Å²) in [6.07, 6.45) is 6.70. The van der Waals surface area contributed by atoms with Gasteiger partial charge in [-0.2, -0.15) is 0 Å². The fourth-order valence-electron chi connectivity index (χ4n) is 4.30. The summed E-state index contributed by atoms with van der Waals surface area (Å²) in [5.41, 5.74) is 4.22. The second kappa shape index (κ2) is 9.62. The maximum Gasteiger partial charge on any atom is 0.269 e. The molecule has 0 radical (unpaired) electrons. The molecule has 1 aliphatic carbocycles. The highest BCUT2D eigenvalue weighted by Crippen LogP contribution is 2.37. The number of fused-ring (bicyclic) bond motifs is 1. The lowest BCUT2D eigenvalue weighted by atomic mass is 9.85. The zero-order valence-electron chi connectivity index (χ0n) is 18.7. The highest BCUT2D eigenvalue weighted by Gasteiger charge is 2.25. The van der Waals surface area contributed by atoms with Gasteiger partial charge in [0.1, 0.15) is 5.69 Å². The predicted octanol–water partition coefficient (Wildman–Crippen LogP) is 2.62. The number of pyridine rings is 1. The van der Waals surface area contributed by atoms with Gasteiger partial charge in [-0.05, 0) is 44.7 Å². The van der Waals surface area contributed by atoms with Crippen LogP contribution in [0.2, 0.25) is 0 Å². The normalized spacial score (nSPS) is 19.6. The van der Waals surface area contributed by atoms with E-state index < -0.39 is 0 Å². The van der Waals surface area contributed by atoms with Crippen LogP contribution in [0.25, 0.3) is 16.6 Å². The molecule has 3 heterocycles. The summed E-state index contributed by atoms with van der Waals surface area (Å²) in [5, 5.41) is 20.6. The molecule has 0 bridgehead atoms. The van der Waals surface area contributed by atoms with Gasteiger partial charge in [0.15, 0.2) is 0 Å². The number of aliphatic hydroxyl groups excluding tert-OH is 1. The van der Waals surface area contributed by atoms with Crippen LogP contribution in [0.3, 0.4) is 0 Å². The lowest BCUT2D eigenvalue weighted by molar-refractivity contribution is 0.0958. The molecular weight excluding hydrogens is 408 g/mol. The number of rotatable bonds is 7. The van der Waals surface area contributed by atoms with Crippen LogP contribution >= 0.6 is 0 Å². The zero-order chi connectivity index (χ0) is 22.7. The summed E-state index contributed by atoms with van der Waals surface area (Å²) >= 11 is 0. The number of nitrogens with one attached hydrogen (secondary N) is 2. The molecule has 1 fully saturated rings. The van der Waals surface area contributed by atoms with Crippen molar-refractivity contribution in [3.8, 4) is 11.1 Å². The monoisotopic (exact) mass is 438 g/mol. The molecule has 1 amide bonds. The first-order chi connectivity index (χ1) is 15.5. The SMILES string of the molecule is CNC(=O)c1ccc(-c2cc(C3CCC(O)CC3)n3nc(N[C@@H](C)COC)ncc23)cn1. The van der Waals surface area contributed by atoms with Gasteiger partial charge in [0, 0.05) is 49.1 Å². The molecule has 1 atom stereocenters. The van der Waals surface area contributed by atoms with E-state index in [1.54, 1.807) is 26.4 Å². The summed E-state index contributed by atoms with van der Waals surface area (Å²) < 4.78 is 7.16. The number of ether oxygens (including phenoxy) is 1. The van der Waals surface area contributed by atoms with Crippen molar-refractivity contribution < 1.29 is 14.6 Å². The van der Waals surface area contributed by atoms with E-state index in [2.05, 4.69) is 26.7 Å². The number of anilines is 1. The largest absolute Gasteiger partial charge is 0.393 e. The van der Waals surface area contributed by atoms with Gasteiger partial charge in [-0.15, -0.1) is 5.10 Å². The summed E-state index contributed by atoms with van der Waals surface area (Å²) in [7, 11) is 3.25. The quantitative estimate of drug-likeness (QED) is 0.520. The molecule has 0 unspecified atom stereocenters. The van der Waals surface area contributed by atoms with E-state index in [-0.39, 0.29) is 18.1 Å². The number of hydrogen-bond acceptors (Lipinski definition) is 7. The number of carbonyl (C=O) groups excluding carboxylic acids is 1. The number of amides is 1. The van der Waals surface area contributed by atoms with E-state index in [4.69, 9.17) is 9.84 Å². The van der Waals surface area contributed by atoms with Crippen molar-refractivity contribution >= 4 is 17.4 Å². The molecule has 170 valence electrons. The third kappa shape index (κ3) is 4.58. The Morgan fingerprint density at radius 1 is 1.25 bits per heavy atom. The van der Waals surface area contributed by atoms with Crippen LogP contribution in [-0.4, -0.2) is 63.5 Å². The molecule has 0 spiro atoms. The summed E-state index contributed by atoms with van der Waals surface area (Å²) in [6.45, 7) is 2.57. The molecule has 1 aliphatic rings. The molecule has 0 aromatic carbocycles. The molecule has 0 aliphatic heterocycles. The van der Waals surface area contributed by atoms with E-state index in [0.29, 0.717) is 24.2 Å². The minimum absolute atomic E-state index is 0.0715. The van der Waals surface area contributed by atoms with Crippen LogP contribution in [0.15, 0.2) is 30.6 Å². The molecular formula is C23H30N6O3. The molecule has 3 aromatic heterocycles. The van der Waals surface area contributed by atoms with Gasteiger partial charge in [-0.25, -0.2) is 9.50 Å². The van der Waals surface area contributed by atoms with Gasteiger partial charge in [0.2, 0.25) is 5.95 Å². The number of aliphatic hydroxyl groups is 1. The van der Waals surface area contributed by atoms with Crippen LogP contribution < -0.4 is 10.6 Å². The average Bonchev–Trinajstić information content (AvgIpc) is 3.18. The third-order valence-electron chi connectivity index (χ3n) is 5.99. The molecule has 1 saturated carbocycles. The molecule has 3 aromatic rings. The second-order valence-electron chi connectivity index (χ2n) is 8.38. The Morgan fingerprint density at radius 3 is 2.69 bits per heavy atom. The molecule has 3 N–H and O–H groups in total. The minimum Gasteiger partial charge on any atom is -0.393 e. The predicted molar refractivity (Wildman–Crippen MR) is 122 cm³/mol. The van der Waals surface area contributed by atoms with Gasteiger partial charge >= 0.3 is 0 Å². The minimum atomic E-state index is -0.222. The third-order valence-corrected chi connectivity index (χ3v) is 5.99. The maximum absolute atomic E-state index is 11.8. The standard InChI is InChI=1S/C23H30N6O3/c1-14(13-32-3)27-23-26-12-21-18(16-6-9-19(25-11-16)22(31)24-2)10-20(29(21)28-23)15-4-7-17(30)8-5-15/h6,9-12,14-15,17,30H,4-5,7-8,13H2,1-3H3,(H,24,31)(H,27,28)/t14-,15?,17?/m0/s1. The smallest absolute Gasteiger partial charge is 0.269 e. The summed E-state index contributed by atoms with van der Waals surface area (Å²) in [5.74, 6) is 0.621. The van der Waals surface area contributed by atoms with Crippen LogP contribution in [0.4, 0.5) is 5.95 Å². The Balaban J connectivity index is 1.75. The van der Waals surface area contributed by atoms with Crippen molar-refractivity contribution in [3.63, 3.8) is 0 Å². The van der Waals surface area contributed by atoms with Gasteiger partial charge in [0.25, 0.3) is 5.91 Å². The first-order valence-electron chi connectivity index (χ1n) is 11.0. The maximum atomic E-state index is 11.8. The van der Waals surface area contributed by atoms with Gasteiger partial charge in [0.05, 0.1) is 24.4 Å². The van der Waals surface area contributed by atoms with E-state index in [1.807, 2.05) is 23.7 Å². The highest BCUT2D eigenvalue weighted by atomic mass is 16.5. The van der Waals surface area contributed by atoms with Gasteiger partial charge in [-0.1, -0.05) is 6.07 Å². The number of carbonyl (C=O) groups is 1. The van der Waals surface area contributed by atoms with E-state index in [9.17, 15) is 9.90 Å². The Morgan fingerprint density at radius 2 is 2.03 bits per heavy atom. The molecule has 4 rings (SSSR count). The Kier molecular flexibility index (Phi) is 6.66. The summed E-state index contributed by atoms with van der Waals surface area (Å²) in [6, 6.07) is 5.83. The lowest BCUT2D eigenvalue weighted by Gasteiger charge is -2.25. The van der Waals surface area contributed by atoms with Crippen LogP contribution in [0.1, 0.15) is 54.7 Å². The summed E-state index contributed by atoms with van der Waals surface area (Å²) in [4.78, 5) is 20.7. The number of hydrogen-bond donors (Lipinski definition) is 3. The van der Waals surface area contributed by atoms with E-state index >= 15 is 0 Å². The molecule has 32 heavy (non-hydrogen) atoms. The molecule has 0 saturated heterocycles. The lowest BCUT2D eigenvalue weighted by Crippen LogP contribution is -2.23. The van der Waals surface area contributed by atoms with Crippen LogP contribution in [-0.2, 0) is 4.74 Å². The van der Waals surface area contributed by atoms with Gasteiger partial charge in [-0.3, -0.25) is 9.78 Å². The van der Waals surface area contributed by atoms with Crippen molar-refractivity contribution in [1.82, 2.24) is 24.9 Å². The molecule has 9 heteroatoms. The van der Waals surface area contributed by atoms with Crippen molar-refractivity contribution in [2.75, 3.05) is 26.1 Å². The van der Waals surface area contributed by atoms with Crippen LogP contribution in [0, 0.1) is 0 Å². The first-order valence-corrected chi connectivity index (χ1v) is 11.0. The fourth-order valence-corrected chi connectivity index (χ4v) is 4.30.